The number of halogens is 2. The molecule has 1 heterocycles. The predicted octanol–water partition coefficient (Wildman–Crippen LogP) is 2.42. The van der Waals surface area contributed by atoms with Crippen LogP contribution in [-0.4, -0.2) is 15.6 Å². The second kappa shape index (κ2) is 5.99. The summed E-state index contributed by atoms with van der Waals surface area (Å²) >= 11 is 8.91. The number of benzene rings is 1. The van der Waals surface area contributed by atoms with Crippen molar-refractivity contribution in [1.82, 2.24) is 14.9 Å². The minimum absolute atomic E-state index is 0.301. The molecule has 2 aromatic rings. The highest BCUT2D eigenvalue weighted by Crippen LogP contribution is 2.09. The zero-order valence-corrected chi connectivity index (χ0v) is 12.0. The minimum atomic E-state index is -0.628. The van der Waals surface area contributed by atoms with Gasteiger partial charge in [-0.15, -0.1) is 0 Å². The van der Waals surface area contributed by atoms with Crippen LogP contribution in [0.15, 0.2) is 45.9 Å². The fraction of sp³-hybridized carbons (Fsp3) is 0.0833. The summed E-state index contributed by atoms with van der Waals surface area (Å²) in [7, 11) is 0. The Morgan fingerprint density at radius 3 is 2.74 bits per heavy atom. The van der Waals surface area contributed by atoms with Crippen LogP contribution in [0, 0.1) is 0 Å². The van der Waals surface area contributed by atoms with E-state index in [4.69, 9.17) is 11.6 Å². The van der Waals surface area contributed by atoms with Crippen LogP contribution >= 0.6 is 27.5 Å². The monoisotopic (exact) mass is 341 g/mol. The van der Waals surface area contributed by atoms with Gasteiger partial charge in [-0.1, -0.05) is 23.7 Å². The van der Waals surface area contributed by atoms with Gasteiger partial charge >= 0.3 is 11.7 Å². The van der Waals surface area contributed by atoms with Crippen LogP contribution in [0.2, 0.25) is 5.02 Å². The highest BCUT2D eigenvalue weighted by Gasteiger charge is 2.07. The molecule has 0 aliphatic carbocycles. The topological polar surface area (TPSA) is 64.0 Å². The fourth-order valence-electron chi connectivity index (χ4n) is 1.40. The van der Waals surface area contributed by atoms with E-state index in [0.717, 1.165) is 10.1 Å². The van der Waals surface area contributed by atoms with E-state index in [1.165, 1.54) is 12.4 Å². The Bertz CT molecular complexity index is 655. The molecule has 2 rings (SSSR count). The number of nitrogens with one attached hydrogen (secondary N) is 1. The Morgan fingerprint density at radius 1 is 1.37 bits per heavy atom. The third kappa shape index (κ3) is 3.65. The van der Waals surface area contributed by atoms with Gasteiger partial charge in [0.15, 0.2) is 0 Å². The van der Waals surface area contributed by atoms with Gasteiger partial charge in [0.1, 0.15) is 0 Å². The first-order valence-corrected chi connectivity index (χ1v) is 6.50. The van der Waals surface area contributed by atoms with E-state index >= 15 is 0 Å². The van der Waals surface area contributed by atoms with Crippen LogP contribution in [0.5, 0.6) is 0 Å². The Labute approximate surface area is 122 Å². The molecule has 1 aromatic heterocycles. The number of amides is 1. The quantitative estimate of drug-likeness (QED) is 0.911. The number of nitrogens with zero attached hydrogens (tertiary/aromatic N) is 2. The molecule has 0 unspecified atom stereocenters. The van der Waals surface area contributed by atoms with Crippen molar-refractivity contribution in [3.8, 4) is 0 Å². The molecule has 1 amide bonds. The molecule has 0 radical (unpaired) electrons. The molecular weight excluding hydrogens is 334 g/mol. The summed E-state index contributed by atoms with van der Waals surface area (Å²) in [5.41, 5.74) is 0.255. The van der Waals surface area contributed by atoms with E-state index in [-0.39, 0.29) is 0 Å². The van der Waals surface area contributed by atoms with E-state index in [9.17, 15) is 9.59 Å². The Balaban J connectivity index is 2.07. The zero-order valence-electron chi connectivity index (χ0n) is 9.64. The van der Waals surface area contributed by atoms with Crippen molar-refractivity contribution in [3.63, 3.8) is 0 Å². The lowest BCUT2D eigenvalue weighted by molar-refractivity contribution is 0.241. The van der Waals surface area contributed by atoms with Crippen molar-refractivity contribution in [2.24, 2.45) is 0 Å². The standard InChI is InChI=1S/C12H9BrClN3O2/c13-9-6-16-12(19)17(7-9)11(18)15-5-8-1-3-10(14)4-2-8/h1-4,6-7H,5H2,(H,15,18). The van der Waals surface area contributed by atoms with Crippen LogP contribution in [0.3, 0.4) is 0 Å². The average Bonchev–Trinajstić information content (AvgIpc) is 2.40. The zero-order chi connectivity index (χ0) is 13.8. The first-order chi connectivity index (χ1) is 9.06. The normalized spacial score (nSPS) is 10.2. The summed E-state index contributed by atoms with van der Waals surface area (Å²) in [4.78, 5) is 26.8. The number of hydrogen-bond donors (Lipinski definition) is 1. The third-order valence-corrected chi connectivity index (χ3v) is 2.99. The predicted molar refractivity (Wildman–Crippen MR) is 75.3 cm³/mol. The summed E-state index contributed by atoms with van der Waals surface area (Å²) in [6.07, 6.45) is 2.71. The minimum Gasteiger partial charge on any atom is -0.333 e. The van der Waals surface area contributed by atoms with E-state index in [1.54, 1.807) is 24.3 Å². The van der Waals surface area contributed by atoms with E-state index in [1.807, 2.05) is 0 Å². The van der Waals surface area contributed by atoms with Crippen LogP contribution in [0.4, 0.5) is 4.79 Å². The molecule has 19 heavy (non-hydrogen) atoms. The Kier molecular flexibility index (Phi) is 4.34. The van der Waals surface area contributed by atoms with E-state index < -0.39 is 11.7 Å². The SMILES string of the molecule is O=C(NCc1ccc(Cl)cc1)n1cc(Br)cnc1=O. The summed E-state index contributed by atoms with van der Waals surface area (Å²) in [5.74, 6) is 0. The molecule has 0 aliphatic rings. The van der Waals surface area contributed by atoms with Crippen molar-refractivity contribution in [2.45, 2.75) is 6.54 Å². The van der Waals surface area contributed by atoms with Gasteiger partial charge < -0.3 is 5.32 Å². The molecule has 1 aromatic carbocycles. The summed E-state index contributed by atoms with van der Waals surface area (Å²) in [6.45, 7) is 0.301. The number of carbonyl (C=O) groups excluding carboxylic acids is 1. The molecular formula is C12H9BrClN3O2. The maximum absolute atomic E-state index is 11.8. The van der Waals surface area contributed by atoms with Crippen LogP contribution in [0.25, 0.3) is 0 Å². The number of hydrogen-bond acceptors (Lipinski definition) is 3. The van der Waals surface area contributed by atoms with E-state index in [2.05, 4.69) is 26.2 Å². The molecule has 0 spiro atoms. The molecule has 0 saturated heterocycles. The highest BCUT2D eigenvalue weighted by atomic mass is 79.9. The molecule has 0 aliphatic heterocycles. The second-order valence-electron chi connectivity index (χ2n) is 3.71. The lowest BCUT2D eigenvalue weighted by Crippen LogP contribution is -2.36. The third-order valence-electron chi connectivity index (χ3n) is 2.33. The first kappa shape index (κ1) is 13.8. The number of rotatable bonds is 2. The molecule has 1 N–H and O–H groups in total. The van der Waals surface area contributed by atoms with Crippen molar-refractivity contribution < 1.29 is 4.79 Å². The Morgan fingerprint density at radius 2 is 2.05 bits per heavy atom. The summed E-state index contributed by atoms with van der Waals surface area (Å²) in [5, 5.41) is 3.25. The smallest absolute Gasteiger partial charge is 0.333 e. The van der Waals surface area contributed by atoms with Gasteiger partial charge in [-0.3, -0.25) is 0 Å². The summed E-state index contributed by atoms with van der Waals surface area (Å²) < 4.78 is 1.45. The number of carbonyl (C=O) groups is 1. The molecule has 5 nitrogen and oxygen atoms in total. The molecule has 7 heteroatoms. The van der Waals surface area contributed by atoms with Crippen molar-refractivity contribution in [2.75, 3.05) is 0 Å². The van der Waals surface area contributed by atoms with Crippen LogP contribution in [-0.2, 0) is 6.54 Å². The van der Waals surface area contributed by atoms with Crippen molar-refractivity contribution in [3.05, 3.63) is 62.2 Å². The van der Waals surface area contributed by atoms with Gasteiger partial charge in [0.05, 0.1) is 4.47 Å². The van der Waals surface area contributed by atoms with Gasteiger partial charge in [-0.05, 0) is 33.6 Å². The van der Waals surface area contributed by atoms with E-state index in [0.29, 0.717) is 16.0 Å². The largest absolute Gasteiger partial charge is 0.355 e. The van der Waals surface area contributed by atoms with Crippen LogP contribution in [0.1, 0.15) is 5.56 Å². The van der Waals surface area contributed by atoms with Crippen LogP contribution < -0.4 is 11.0 Å². The second-order valence-corrected chi connectivity index (χ2v) is 5.06. The maximum atomic E-state index is 11.8. The average molecular weight is 343 g/mol. The lowest BCUT2D eigenvalue weighted by atomic mass is 10.2. The summed E-state index contributed by atoms with van der Waals surface area (Å²) in [6, 6.07) is 6.52. The van der Waals surface area contributed by atoms with Gasteiger partial charge in [0.25, 0.3) is 0 Å². The van der Waals surface area contributed by atoms with Gasteiger partial charge in [0.2, 0.25) is 0 Å². The fourth-order valence-corrected chi connectivity index (χ4v) is 1.83. The van der Waals surface area contributed by atoms with Gasteiger partial charge in [0, 0.05) is 24.0 Å². The highest BCUT2D eigenvalue weighted by molar-refractivity contribution is 9.10. The van der Waals surface area contributed by atoms with Gasteiger partial charge in [-0.25, -0.2) is 14.2 Å². The molecule has 0 bridgehead atoms. The Hall–Kier alpha value is -1.66. The maximum Gasteiger partial charge on any atom is 0.355 e. The molecule has 0 saturated carbocycles. The van der Waals surface area contributed by atoms with Crippen molar-refractivity contribution in [1.29, 1.82) is 0 Å². The van der Waals surface area contributed by atoms with Gasteiger partial charge in [-0.2, -0.15) is 4.98 Å². The first-order valence-electron chi connectivity index (χ1n) is 5.33. The molecule has 98 valence electrons. The molecule has 0 fully saturated rings. The number of aromatic nitrogens is 2. The van der Waals surface area contributed by atoms with Crippen molar-refractivity contribution >= 4 is 33.6 Å². The molecule has 0 atom stereocenters. The lowest BCUT2D eigenvalue weighted by Gasteiger charge is -2.07.